The Morgan fingerprint density at radius 2 is 1.74 bits per heavy atom. The molecule has 0 aliphatic carbocycles. The lowest BCUT2D eigenvalue weighted by Gasteiger charge is -2.34. The standard InChI is InChI=1S/C19H28N6O2/c1-15(2)5-6-25-19(20-21-22-25)13-24-9-7-23(8-10-24)12-16-3-4-17-18(11-16)27-14-26-17/h3-4,11,15H,5-10,12-14H2,1-2H3. The van der Waals surface area contributed by atoms with Crippen LogP contribution < -0.4 is 9.47 Å². The fourth-order valence-corrected chi connectivity index (χ4v) is 3.49. The van der Waals surface area contributed by atoms with Crippen molar-refractivity contribution in [1.82, 2.24) is 30.0 Å². The molecule has 0 atom stereocenters. The third-order valence-corrected chi connectivity index (χ3v) is 5.20. The quantitative estimate of drug-likeness (QED) is 0.734. The minimum absolute atomic E-state index is 0.327. The maximum Gasteiger partial charge on any atom is 0.231 e. The van der Waals surface area contributed by atoms with E-state index < -0.39 is 0 Å². The first-order chi connectivity index (χ1) is 13.2. The van der Waals surface area contributed by atoms with Gasteiger partial charge in [-0.3, -0.25) is 9.80 Å². The zero-order valence-corrected chi connectivity index (χ0v) is 16.2. The highest BCUT2D eigenvalue weighted by molar-refractivity contribution is 5.44. The molecule has 146 valence electrons. The molecule has 0 bridgehead atoms. The first kappa shape index (κ1) is 18.2. The molecule has 3 heterocycles. The molecule has 0 unspecified atom stereocenters. The van der Waals surface area contributed by atoms with Crippen LogP contribution in [0.3, 0.4) is 0 Å². The number of fused-ring (bicyclic) bond motifs is 1. The largest absolute Gasteiger partial charge is 0.454 e. The maximum atomic E-state index is 5.48. The zero-order valence-electron chi connectivity index (χ0n) is 16.2. The van der Waals surface area contributed by atoms with E-state index in [4.69, 9.17) is 9.47 Å². The van der Waals surface area contributed by atoms with Gasteiger partial charge in [0.2, 0.25) is 6.79 Å². The lowest BCUT2D eigenvalue weighted by molar-refractivity contribution is 0.118. The van der Waals surface area contributed by atoms with Gasteiger partial charge in [-0.1, -0.05) is 19.9 Å². The third-order valence-electron chi connectivity index (χ3n) is 5.20. The van der Waals surface area contributed by atoms with E-state index in [0.717, 1.165) is 69.6 Å². The van der Waals surface area contributed by atoms with Crippen molar-refractivity contribution in [1.29, 1.82) is 0 Å². The van der Waals surface area contributed by atoms with Gasteiger partial charge in [0.25, 0.3) is 0 Å². The van der Waals surface area contributed by atoms with Gasteiger partial charge in [0.15, 0.2) is 17.3 Å². The number of hydrogen-bond acceptors (Lipinski definition) is 7. The highest BCUT2D eigenvalue weighted by Gasteiger charge is 2.20. The molecule has 2 aromatic rings. The van der Waals surface area contributed by atoms with Crippen molar-refractivity contribution in [2.24, 2.45) is 5.92 Å². The number of rotatable bonds is 7. The van der Waals surface area contributed by atoms with Crippen molar-refractivity contribution in [3.63, 3.8) is 0 Å². The van der Waals surface area contributed by atoms with Gasteiger partial charge in [-0.05, 0) is 40.5 Å². The second-order valence-corrected chi connectivity index (χ2v) is 7.74. The van der Waals surface area contributed by atoms with Gasteiger partial charge in [0, 0.05) is 39.3 Å². The normalized spacial score (nSPS) is 17.7. The van der Waals surface area contributed by atoms with E-state index in [1.165, 1.54) is 5.56 Å². The van der Waals surface area contributed by atoms with Crippen molar-refractivity contribution in [2.45, 2.75) is 39.9 Å². The predicted octanol–water partition coefficient (Wildman–Crippen LogP) is 1.77. The van der Waals surface area contributed by atoms with E-state index in [1.807, 2.05) is 10.7 Å². The molecule has 1 aromatic carbocycles. The van der Waals surface area contributed by atoms with Crippen LogP contribution >= 0.6 is 0 Å². The molecule has 0 N–H and O–H groups in total. The van der Waals surface area contributed by atoms with E-state index in [9.17, 15) is 0 Å². The summed E-state index contributed by atoms with van der Waals surface area (Å²) in [6.45, 7) is 11.6. The van der Waals surface area contributed by atoms with Crippen molar-refractivity contribution in [3.05, 3.63) is 29.6 Å². The fraction of sp³-hybridized carbons (Fsp3) is 0.632. The zero-order chi connectivity index (χ0) is 18.6. The van der Waals surface area contributed by atoms with E-state index in [0.29, 0.717) is 12.7 Å². The van der Waals surface area contributed by atoms with Crippen LogP contribution in [0.15, 0.2) is 18.2 Å². The highest BCUT2D eigenvalue weighted by Crippen LogP contribution is 2.32. The number of nitrogens with zero attached hydrogens (tertiary/aromatic N) is 6. The topological polar surface area (TPSA) is 68.5 Å². The van der Waals surface area contributed by atoms with Crippen LogP contribution in [-0.4, -0.2) is 63.0 Å². The van der Waals surface area contributed by atoms with Crippen molar-refractivity contribution < 1.29 is 9.47 Å². The average Bonchev–Trinajstić information content (AvgIpc) is 3.30. The van der Waals surface area contributed by atoms with Crippen LogP contribution in [0.5, 0.6) is 11.5 Å². The Hall–Kier alpha value is -2.19. The van der Waals surface area contributed by atoms with Gasteiger partial charge in [0.1, 0.15) is 0 Å². The molecule has 1 aromatic heterocycles. The number of piperazine rings is 1. The molecule has 4 rings (SSSR count). The lowest BCUT2D eigenvalue weighted by Crippen LogP contribution is -2.45. The van der Waals surface area contributed by atoms with Gasteiger partial charge in [-0.15, -0.1) is 5.10 Å². The first-order valence-corrected chi connectivity index (χ1v) is 9.75. The Bertz CT molecular complexity index is 754. The van der Waals surface area contributed by atoms with Gasteiger partial charge >= 0.3 is 0 Å². The molecule has 1 saturated heterocycles. The summed E-state index contributed by atoms with van der Waals surface area (Å²) in [7, 11) is 0. The molecule has 8 heteroatoms. The fourth-order valence-electron chi connectivity index (χ4n) is 3.49. The predicted molar refractivity (Wildman–Crippen MR) is 100 cm³/mol. The smallest absolute Gasteiger partial charge is 0.231 e. The minimum atomic E-state index is 0.327. The van der Waals surface area contributed by atoms with Crippen LogP contribution in [0, 0.1) is 5.92 Å². The molecule has 0 amide bonds. The van der Waals surface area contributed by atoms with E-state index in [-0.39, 0.29) is 0 Å². The Morgan fingerprint density at radius 3 is 2.52 bits per heavy atom. The molecular formula is C19H28N6O2. The Morgan fingerprint density at radius 1 is 1.00 bits per heavy atom. The number of aryl methyl sites for hydroxylation is 1. The van der Waals surface area contributed by atoms with Gasteiger partial charge in [0.05, 0.1) is 6.54 Å². The number of benzene rings is 1. The molecule has 2 aliphatic rings. The number of hydrogen-bond donors (Lipinski definition) is 0. The van der Waals surface area contributed by atoms with E-state index in [1.54, 1.807) is 0 Å². The Kier molecular flexibility index (Phi) is 5.54. The van der Waals surface area contributed by atoms with Crippen molar-refractivity contribution >= 4 is 0 Å². The monoisotopic (exact) mass is 372 g/mol. The molecule has 0 spiro atoms. The van der Waals surface area contributed by atoms with Crippen LogP contribution in [0.4, 0.5) is 0 Å². The number of ether oxygens (including phenoxy) is 2. The molecule has 1 fully saturated rings. The first-order valence-electron chi connectivity index (χ1n) is 9.75. The van der Waals surface area contributed by atoms with Crippen LogP contribution in [0.2, 0.25) is 0 Å². The second kappa shape index (κ2) is 8.22. The van der Waals surface area contributed by atoms with Crippen LogP contribution in [-0.2, 0) is 19.6 Å². The molecule has 0 saturated carbocycles. The number of tetrazole rings is 1. The van der Waals surface area contributed by atoms with E-state index >= 15 is 0 Å². The molecule has 0 radical (unpaired) electrons. The van der Waals surface area contributed by atoms with Crippen molar-refractivity contribution in [3.8, 4) is 11.5 Å². The summed E-state index contributed by atoms with van der Waals surface area (Å²) in [6, 6.07) is 6.23. The summed E-state index contributed by atoms with van der Waals surface area (Å²) in [5, 5.41) is 12.2. The lowest BCUT2D eigenvalue weighted by atomic mass is 10.1. The third kappa shape index (κ3) is 4.56. The SMILES string of the molecule is CC(C)CCn1nnnc1CN1CCN(Cc2ccc3c(c2)OCO3)CC1. The Balaban J connectivity index is 1.26. The average molecular weight is 372 g/mol. The molecular weight excluding hydrogens is 344 g/mol. The molecule has 2 aliphatic heterocycles. The molecule has 27 heavy (non-hydrogen) atoms. The van der Waals surface area contributed by atoms with Crippen LogP contribution in [0.1, 0.15) is 31.7 Å². The van der Waals surface area contributed by atoms with Crippen LogP contribution in [0.25, 0.3) is 0 Å². The summed E-state index contributed by atoms with van der Waals surface area (Å²) in [4.78, 5) is 4.92. The molecule has 8 nitrogen and oxygen atoms in total. The van der Waals surface area contributed by atoms with E-state index in [2.05, 4.69) is 51.3 Å². The Labute approximate surface area is 160 Å². The summed E-state index contributed by atoms with van der Waals surface area (Å²) < 4.78 is 12.8. The van der Waals surface area contributed by atoms with Gasteiger partial charge in [-0.2, -0.15) is 0 Å². The van der Waals surface area contributed by atoms with Gasteiger partial charge < -0.3 is 9.47 Å². The minimum Gasteiger partial charge on any atom is -0.454 e. The van der Waals surface area contributed by atoms with Gasteiger partial charge in [-0.25, -0.2) is 4.68 Å². The number of aromatic nitrogens is 4. The van der Waals surface area contributed by atoms with Crippen molar-refractivity contribution in [2.75, 3.05) is 33.0 Å². The second-order valence-electron chi connectivity index (χ2n) is 7.74. The summed E-state index contributed by atoms with van der Waals surface area (Å²) in [6.07, 6.45) is 1.10. The maximum absolute atomic E-state index is 5.48. The summed E-state index contributed by atoms with van der Waals surface area (Å²) >= 11 is 0. The summed E-state index contributed by atoms with van der Waals surface area (Å²) in [5.41, 5.74) is 1.27. The highest BCUT2D eigenvalue weighted by atomic mass is 16.7. The summed E-state index contributed by atoms with van der Waals surface area (Å²) in [5.74, 6) is 3.33.